The monoisotopic (exact) mass is 344 g/mol. The number of nitrogens with zero attached hydrogens (tertiary/aromatic N) is 5. The summed E-state index contributed by atoms with van der Waals surface area (Å²) in [5.74, 6) is 1.31. The summed E-state index contributed by atoms with van der Waals surface area (Å²) < 4.78 is 0. The highest BCUT2D eigenvalue weighted by Gasteiger charge is 2.14. The Kier molecular flexibility index (Phi) is 3.98. The molecule has 26 heavy (non-hydrogen) atoms. The first kappa shape index (κ1) is 15.7. The second kappa shape index (κ2) is 6.60. The number of nitrogens with two attached hydrogens (primary N) is 1. The van der Waals surface area contributed by atoms with Gasteiger partial charge in [0.25, 0.3) is 0 Å². The molecule has 0 atom stereocenters. The number of aromatic amines is 1. The largest absolute Gasteiger partial charge is 0.388 e. The molecule has 0 fully saturated rings. The lowest BCUT2D eigenvalue weighted by Crippen LogP contribution is -2.00. The molecule has 0 spiro atoms. The highest BCUT2D eigenvalue weighted by Crippen LogP contribution is 2.25. The number of benzene rings is 1. The molecule has 4 rings (SSSR count). The van der Waals surface area contributed by atoms with Crippen LogP contribution < -0.4 is 11.1 Å². The van der Waals surface area contributed by atoms with E-state index >= 15 is 0 Å². The van der Waals surface area contributed by atoms with E-state index in [1.807, 2.05) is 43.4 Å². The number of H-pyrrole nitrogens is 1. The first-order valence-corrected chi connectivity index (χ1v) is 7.98. The molecule has 3 heterocycles. The summed E-state index contributed by atoms with van der Waals surface area (Å²) >= 11 is 0. The molecule has 0 amide bonds. The zero-order valence-electron chi connectivity index (χ0n) is 14.0. The van der Waals surface area contributed by atoms with Crippen molar-refractivity contribution in [3.63, 3.8) is 0 Å². The molecule has 0 saturated carbocycles. The first-order chi connectivity index (χ1) is 12.7. The van der Waals surface area contributed by atoms with Crippen molar-refractivity contribution in [2.75, 3.05) is 18.1 Å². The summed E-state index contributed by atoms with van der Waals surface area (Å²) in [6.07, 6.45) is 5.04. The molecule has 0 bridgehead atoms. The number of hydrogen-bond donors (Lipinski definition) is 3. The van der Waals surface area contributed by atoms with Gasteiger partial charge in [0.2, 0.25) is 0 Å². The van der Waals surface area contributed by atoms with Crippen LogP contribution in [0.2, 0.25) is 0 Å². The van der Waals surface area contributed by atoms with E-state index in [0.717, 1.165) is 16.8 Å². The number of aromatic nitrogens is 6. The smallest absolute Gasteiger partial charge is 0.181 e. The Balaban J connectivity index is 1.73. The van der Waals surface area contributed by atoms with Gasteiger partial charge in [-0.1, -0.05) is 12.1 Å². The number of hydrogen-bond acceptors (Lipinski definition) is 7. The zero-order chi connectivity index (χ0) is 17.9. The van der Waals surface area contributed by atoms with E-state index in [0.29, 0.717) is 23.0 Å². The van der Waals surface area contributed by atoms with E-state index in [-0.39, 0.29) is 5.82 Å². The molecule has 4 aromatic rings. The van der Waals surface area contributed by atoms with Gasteiger partial charge in [-0.3, -0.25) is 10.1 Å². The fraction of sp³-hybridized carbons (Fsp3) is 0.0556. The van der Waals surface area contributed by atoms with E-state index in [9.17, 15) is 0 Å². The van der Waals surface area contributed by atoms with Crippen LogP contribution in [0, 0.1) is 0 Å². The maximum Gasteiger partial charge on any atom is 0.181 e. The normalized spacial score (nSPS) is 10.7. The molecule has 0 aliphatic carbocycles. The van der Waals surface area contributed by atoms with Gasteiger partial charge < -0.3 is 11.1 Å². The van der Waals surface area contributed by atoms with Crippen molar-refractivity contribution in [3.8, 4) is 34.2 Å². The minimum atomic E-state index is 0.282. The molecule has 8 nitrogen and oxygen atoms in total. The van der Waals surface area contributed by atoms with E-state index in [2.05, 4.69) is 35.5 Å². The Labute approximate surface area is 149 Å². The minimum absolute atomic E-state index is 0.282. The number of pyridine rings is 1. The molecule has 0 radical (unpaired) electrons. The van der Waals surface area contributed by atoms with E-state index in [1.54, 1.807) is 18.6 Å². The van der Waals surface area contributed by atoms with Crippen LogP contribution in [0.3, 0.4) is 0 Å². The SMILES string of the molecule is CNc1cccc(-c2n[nH]c(-c3nc(-c4cccnc4)cnc3N)n2)c1. The van der Waals surface area contributed by atoms with Crippen molar-refractivity contribution in [3.05, 3.63) is 55.0 Å². The summed E-state index contributed by atoms with van der Waals surface area (Å²) in [6, 6.07) is 11.6. The van der Waals surface area contributed by atoms with Gasteiger partial charge in [0, 0.05) is 36.3 Å². The van der Waals surface area contributed by atoms with Crippen LogP contribution in [0.1, 0.15) is 0 Å². The minimum Gasteiger partial charge on any atom is -0.388 e. The molecule has 0 unspecified atom stereocenters. The molecule has 8 heteroatoms. The number of nitrogen functional groups attached to an aromatic ring is 1. The summed E-state index contributed by atoms with van der Waals surface area (Å²) in [4.78, 5) is 17.4. The number of anilines is 2. The van der Waals surface area contributed by atoms with Crippen molar-refractivity contribution < 1.29 is 0 Å². The van der Waals surface area contributed by atoms with Gasteiger partial charge >= 0.3 is 0 Å². The highest BCUT2D eigenvalue weighted by atomic mass is 15.2. The Morgan fingerprint density at radius 3 is 2.73 bits per heavy atom. The third kappa shape index (κ3) is 2.95. The average molecular weight is 344 g/mol. The van der Waals surface area contributed by atoms with Crippen LogP contribution in [0.15, 0.2) is 55.0 Å². The van der Waals surface area contributed by atoms with Crippen molar-refractivity contribution in [1.29, 1.82) is 0 Å². The third-order valence-electron chi connectivity index (χ3n) is 3.88. The molecule has 0 aliphatic rings. The summed E-state index contributed by atoms with van der Waals surface area (Å²) in [6.45, 7) is 0. The standard InChI is InChI=1S/C18H16N8/c1-20-13-6-2-4-11(8-13)17-24-18(26-25-17)15-16(19)22-10-14(23-15)12-5-3-7-21-9-12/h2-10,20H,1H3,(H2,19,22)(H,24,25,26). The van der Waals surface area contributed by atoms with Crippen LogP contribution in [-0.2, 0) is 0 Å². The third-order valence-corrected chi connectivity index (χ3v) is 3.88. The quantitative estimate of drug-likeness (QED) is 0.520. The van der Waals surface area contributed by atoms with Gasteiger partial charge in [0.05, 0.1) is 11.9 Å². The van der Waals surface area contributed by atoms with Crippen molar-refractivity contribution >= 4 is 11.5 Å². The fourth-order valence-corrected chi connectivity index (χ4v) is 2.54. The van der Waals surface area contributed by atoms with Crippen LogP contribution in [0.5, 0.6) is 0 Å². The molecule has 128 valence electrons. The van der Waals surface area contributed by atoms with Gasteiger partial charge in [-0.05, 0) is 24.3 Å². The lowest BCUT2D eigenvalue weighted by atomic mass is 10.2. The Hall–Kier alpha value is -3.81. The van der Waals surface area contributed by atoms with Crippen LogP contribution in [0.25, 0.3) is 34.2 Å². The summed E-state index contributed by atoms with van der Waals surface area (Å²) in [7, 11) is 1.86. The van der Waals surface area contributed by atoms with Gasteiger partial charge in [0.15, 0.2) is 17.5 Å². The number of nitrogens with one attached hydrogen (secondary N) is 2. The topological polar surface area (TPSA) is 118 Å². The van der Waals surface area contributed by atoms with Gasteiger partial charge in [-0.2, -0.15) is 5.10 Å². The molecule has 3 aromatic heterocycles. The van der Waals surface area contributed by atoms with E-state index in [1.165, 1.54) is 0 Å². The predicted molar refractivity (Wildman–Crippen MR) is 100 cm³/mol. The second-order valence-corrected chi connectivity index (χ2v) is 5.57. The molecule has 4 N–H and O–H groups in total. The Bertz CT molecular complexity index is 1040. The molecule has 0 aliphatic heterocycles. The van der Waals surface area contributed by atoms with Crippen LogP contribution in [0.4, 0.5) is 11.5 Å². The van der Waals surface area contributed by atoms with Crippen LogP contribution in [-0.4, -0.2) is 37.2 Å². The van der Waals surface area contributed by atoms with Gasteiger partial charge in [-0.15, -0.1) is 0 Å². The Morgan fingerprint density at radius 1 is 1.04 bits per heavy atom. The summed E-state index contributed by atoms with van der Waals surface area (Å²) in [5, 5.41) is 10.3. The highest BCUT2D eigenvalue weighted by molar-refractivity contribution is 5.70. The van der Waals surface area contributed by atoms with Crippen molar-refractivity contribution in [2.24, 2.45) is 0 Å². The second-order valence-electron chi connectivity index (χ2n) is 5.57. The van der Waals surface area contributed by atoms with Crippen molar-refractivity contribution in [2.45, 2.75) is 0 Å². The molecule has 0 saturated heterocycles. The average Bonchev–Trinajstić information content (AvgIpc) is 3.19. The molecule has 1 aromatic carbocycles. The molecular formula is C18H16N8. The maximum absolute atomic E-state index is 6.01. The zero-order valence-corrected chi connectivity index (χ0v) is 14.0. The lowest BCUT2D eigenvalue weighted by Gasteiger charge is -2.04. The first-order valence-electron chi connectivity index (χ1n) is 7.98. The number of rotatable bonds is 4. The lowest BCUT2D eigenvalue weighted by molar-refractivity contribution is 1.08. The summed E-state index contributed by atoms with van der Waals surface area (Å²) in [5.41, 5.74) is 9.84. The van der Waals surface area contributed by atoms with Crippen molar-refractivity contribution in [1.82, 2.24) is 30.1 Å². The van der Waals surface area contributed by atoms with E-state index < -0.39 is 0 Å². The molecular weight excluding hydrogens is 328 g/mol. The maximum atomic E-state index is 6.01. The fourth-order valence-electron chi connectivity index (χ4n) is 2.54. The Morgan fingerprint density at radius 2 is 1.92 bits per heavy atom. The van der Waals surface area contributed by atoms with Gasteiger partial charge in [0.1, 0.15) is 5.69 Å². The van der Waals surface area contributed by atoms with E-state index in [4.69, 9.17) is 5.73 Å². The van der Waals surface area contributed by atoms with Crippen LogP contribution >= 0.6 is 0 Å². The predicted octanol–water partition coefficient (Wildman–Crippen LogP) is 2.61. The van der Waals surface area contributed by atoms with Gasteiger partial charge in [-0.25, -0.2) is 15.0 Å².